The standard InChI is InChI=1S/C24H21NO/c26-23(17-9-3-1-4-10-17)22-19-14-15-20(22)24(19,18-11-5-2-6-12-18)21-13-7-8-16-25-21/h1-13,16,19-20,22H,14-15H2/t19-,20+,22?,24?. The van der Waals surface area contributed by atoms with Crippen molar-refractivity contribution in [3.63, 3.8) is 0 Å². The first-order chi connectivity index (χ1) is 12.8. The average Bonchev–Trinajstić information content (AvgIpc) is 3.33. The summed E-state index contributed by atoms with van der Waals surface area (Å²) in [5.41, 5.74) is 3.16. The van der Waals surface area contributed by atoms with E-state index in [9.17, 15) is 4.79 Å². The Morgan fingerprint density at radius 3 is 2.04 bits per heavy atom. The maximum atomic E-state index is 13.2. The van der Waals surface area contributed by atoms with E-state index in [1.807, 2.05) is 42.6 Å². The van der Waals surface area contributed by atoms with Crippen LogP contribution >= 0.6 is 0 Å². The Balaban J connectivity index is 1.60. The van der Waals surface area contributed by atoms with E-state index >= 15 is 0 Å². The number of ketones is 1. The highest BCUT2D eigenvalue weighted by Crippen LogP contribution is 2.69. The molecule has 128 valence electrons. The number of pyridine rings is 1. The molecule has 2 heteroatoms. The Hall–Kier alpha value is -2.74. The second kappa shape index (κ2) is 5.91. The van der Waals surface area contributed by atoms with Gasteiger partial charge in [-0.2, -0.15) is 0 Å². The summed E-state index contributed by atoms with van der Waals surface area (Å²) >= 11 is 0. The molecule has 2 nitrogen and oxygen atoms in total. The van der Waals surface area contributed by atoms with Gasteiger partial charge in [0, 0.05) is 23.1 Å². The van der Waals surface area contributed by atoms with Gasteiger partial charge in [-0.15, -0.1) is 0 Å². The Morgan fingerprint density at radius 1 is 0.808 bits per heavy atom. The molecule has 4 atom stereocenters. The van der Waals surface area contributed by atoms with Crippen molar-refractivity contribution < 1.29 is 4.79 Å². The molecule has 2 aromatic carbocycles. The lowest BCUT2D eigenvalue weighted by Gasteiger charge is -2.55. The van der Waals surface area contributed by atoms with Gasteiger partial charge in [0.05, 0.1) is 5.69 Å². The molecule has 3 fully saturated rings. The van der Waals surface area contributed by atoms with Crippen molar-refractivity contribution in [3.05, 3.63) is 102 Å². The van der Waals surface area contributed by atoms with Crippen LogP contribution in [0.5, 0.6) is 0 Å². The second-order valence-electron chi connectivity index (χ2n) is 7.50. The number of rotatable bonds is 4. The molecule has 1 heterocycles. The number of nitrogens with zero attached hydrogens (tertiary/aromatic N) is 1. The highest BCUT2D eigenvalue weighted by atomic mass is 16.1. The van der Waals surface area contributed by atoms with Crippen molar-refractivity contribution in [1.82, 2.24) is 4.98 Å². The summed E-state index contributed by atoms with van der Waals surface area (Å²) in [7, 11) is 0. The molecular weight excluding hydrogens is 318 g/mol. The lowest BCUT2D eigenvalue weighted by molar-refractivity contribution is 0.0317. The minimum absolute atomic E-state index is 0.111. The van der Waals surface area contributed by atoms with Crippen LogP contribution in [0.2, 0.25) is 0 Å². The third-order valence-corrected chi connectivity index (χ3v) is 6.53. The largest absolute Gasteiger partial charge is 0.294 e. The highest BCUT2D eigenvalue weighted by molar-refractivity contribution is 5.99. The van der Waals surface area contributed by atoms with Crippen molar-refractivity contribution in [2.45, 2.75) is 18.3 Å². The van der Waals surface area contributed by atoms with Crippen molar-refractivity contribution in [2.24, 2.45) is 17.8 Å². The summed E-state index contributed by atoms with van der Waals surface area (Å²) < 4.78 is 0. The zero-order valence-electron chi connectivity index (χ0n) is 14.6. The molecule has 2 unspecified atom stereocenters. The number of carbonyl (C=O) groups is 1. The van der Waals surface area contributed by atoms with Crippen LogP contribution in [0.4, 0.5) is 0 Å². The van der Waals surface area contributed by atoms with E-state index < -0.39 is 0 Å². The minimum Gasteiger partial charge on any atom is -0.294 e. The molecule has 0 radical (unpaired) electrons. The maximum Gasteiger partial charge on any atom is 0.166 e. The monoisotopic (exact) mass is 339 g/mol. The number of aromatic nitrogens is 1. The average molecular weight is 339 g/mol. The molecule has 0 amide bonds. The molecule has 3 aliphatic rings. The van der Waals surface area contributed by atoms with Crippen LogP contribution < -0.4 is 0 Å². The van der Waals surface area contributed by atoms with Gasteiger partial charge in [0.2, 0.25) is 0 Å². The molecule has 0 aliphatic heterocycles. The van der Waals surface area contributed by atoms with Crippen molar-refractivity contribution in [1.29, 1.82) is 0 Å². The van der Waals surface area contributed by atoms with Gasteiger partial charge in [0.15, 0.2) is 5.78 Å². The number of hydrogen-bond acceptors (Lipinski definition) is 2. The Labute approximate surface area is 153 Å². The zero-order valence-corrected chi connectivity index (χ0v) is 14.6. The van der Waals surface area contributed by atoms with E-state index in [1.165, 1.54) is 5.56 Å². The fraction of sp³-hybridized carbons (Fsp3) is 0.250. The second-order valence-corrected chi connectivity index (χ2v) is 7.50. The quantitative estimate of drug-likeness (QED) is 0.632. The molecule has 3 aromatic rings. The summed E-state index contributed by atoms with van der Waals surface area (Å²) in [6.07, 6.45) is 4.07. The summed E-state index contributed by atoms with van der Waals surface area (Å²) in [4.78, 5) is 18.0. The molecule has 6 rings (SSSR count). The molecule has 3 saturated carbocycles. The predicted octanol–water partition coefficient (Wildman–Crippen LogP) is 4.91. The van der Waals surface area contributed by atoms with Gasteiger partial charge in [0.25, 0.3) is 0 Å². The zero-order chi connectivity index (χ0) is 17.6. The summed E-state index contributed by atoms with van der Waals surface area (Å²) in [6, 6.07) is 26.6. The Morgan fingerprint density at radius 2 is 1.42 bits per heavy atom. The van der Waals surface area contributed by atoms with Gasteiger partial charge in [-0.25, -0.2) is 0 Å². The van der Waals surface area contributed by atoms with Crippen molar-refractivity contribution in [3.8, 4) is 0 Å². The van der Waals surface area contributed by atoms with E-state index in [0.717, 1.165) is 24.1 Å². The van der Waals surface area contributed by atoms with Crippen LogP contribution in [0.3, 0.4) is 0 Å². The molecule has 26 heavy (non-hydrogen) atoms. The third-order valence-electron chi connectivity index (χ3n) is 6.53. The predicted molar refractivity (Wildman–Crippen MR) is 102 cm³/mol. The first-order valence-electron chi connectivity index (χ1n) is 9.40. The number of benzene rings is 2. The van der Waals surface area contributed by atoms with E-state index in [1.54, 1.807) is 0 Å². The lowest BCUT2D eigenvalue weighted by Crippen LogP contribution is -2.58. The maximum absolute atomic E-state index is 13.2. The first-order valence-corrected chi connectivity index (χ1v) is 9.40. The van der Waals surface area contributed by atoms with Crippen molar-refractivity contribution in [2.75, 3.05) is 0 Å². The molecule has 0 N–H and O–H groups in total. The van der Waals surface area contributed by atoms with Gasteiger partial charge in [0.1, 0.15) is 0 Å². The molecule has 1 aromatic heterocycles. The highest BCUT2D eigenvalue weighted by Gasteiger charge is 2.69. The van der Waals surface area contributed by atoms with Crippen LogP contribution in [0, 0.1) is 17.8 Å². The number of fused-ring (bicyclic) bond motifs is 1. The minimum atomic E-state index is -0.113. The van der Waals surface area contributed by atoms with Crippen LogP contribution in [0.1, 0.15) is 34.5 Å². The van der Waals surface area contributed by atoms with Crippen molar-refractivity contribution >= 4 is 5.78 Å². The third kappa shape index (κ3) is 1.99. The first kappa shape index (κ1) is 15.5. The van der Waals surface area contributed by atoms with Crippen LogP contribution in [-0.2, 0) is 5.41 Å². The normalized spacial score (nSPS) is 29.2. The van der Waals surface area contributed by atoms with E-state index in [-0.39, 0.29) is 11.3 Å². The Bertz CT molecular complexity index is 867. The van der Waals surface area contributed by atoms with Crippen LogP contribution in [0.25, 0.3) is 0 Å². The van der Waals surface area contributed by atoms with E-state index in [4.69, 9.17) is 4.98 Å². The van der Waals surface area contributed by atoms with E-state index in [0.29, 0.717) is 17.6 Å². The molecule has 0 spiro atoms. The van der Waals surface area contributed by atoms with Gasteiger partial charge >= 0.3 is 0 Å². The summed E-state index contributed by atoms with van der Waals surface area (Å²) in [5.74, 6) is 1.08. The molecule has 3 aliphatic carbocycles. The fourth-order valence-electron chi connectivity index (χ4n) is 5.61. The molecular formula is C24H21NO. The van der Waals surface area contributed by atoms with Gasteiger partial charge in [-0.05, 0) is 42.4 Å². The fourth-order valence-corrected chi connectivity index (χ4v) is 5.61. The smallest absolute Gasteiger partial charge is 0.166 e. The van der Waals surface area contributed by atoms with Crippen LogP contribution in [0.15, 0.2) is 85.1 Å². The van der Waals surface area contributed by atoms with Gasteiger partial charge < -0.3 is 0 Å². The topological polar surface area (TPSA) is 30.0 Å². The Kier molecular flexibility index (Phi) is 3.53. The lowest BCUT2D eigenvalue weighted by atomic mass is 9.46. The van der Waals surface area contributed by atoms with Crippen LogP contribution in [-0.4, -0.2) is 10.8 Å². The number of carbonyl (C=O) groups excluding carboxylic acids is 1. The SMILES string of the molecule is O=C(c1ccccc1)C1[C@H]2CC[C@@H]1C2(c1ccccc1)c1ccccn1. The summed E-state index contributed by atoms with van der Waals surface area (Å²) in [5, 5.41) is 0. The number of hydrogen-bond donors (Lipinski definition) is 0. The van der Waals surface area contributed by atoms with Gasteiger partial charge in [-0.3, -0.25) is 9.78 Å². The van der Waals surface area contributed by atoms with E-state index in [2.05, 4.69) is 42.5 Å². The molecule has 2 bridgehead atoms. The van der Waals surface area contributed by atoms with Gasteiger partial charge in [-0.1, -0.05) is 66.7 Å². The summed E-state index contributed by atoms with van der Waals surface area (Å²) in [6.45, 7) is 0. The molecule has 0 saturated heterocycles. The number of Topliss-reactive ketones (excluding diaryl/α,β-unsaturated/α-hetero) is 1.